The molecule has 0 radical (unpaired) electrons. The van der Waals surface area contributed by atoms with Crippen molar-refractivity contribution in [3.63, 3.8) is 0 Å². The first-order chi connectivity index (χ1) is 6.75. The number of anilines is 3. The molecule has 0 saturated heterocycles. The van der Waals surface area contributed by atoms with Gasteiger partial charge in [-0.2, -0.15) is 0 Å². The minimum absolute atomic E-state index is 0.155. The Kier molecular flexibility index (Phi) is 2.10. The smallest absolute Gasteiger partial charge is 0.148 e. The van der Waals surface area contributed by atoms with Crippen molar-refractivity contribution in [2.45, 2.75) is 0 Å². The number of benzene rings is 1. The summed E-state index contributed by atoms with van der Waals surface area (Å²) in [7, 11) is 0. The van der Waals surface area contributed by atoms with Gasteiger partial charge in [-0.1, -0.05) is 0 Å². The van der Waals surface area contributed by atoms with Gasteiger partial charge in [0.25, 0.3) is 0 Å². The Labute approximate surface area is 80.8 Å². The Hall–Kier alpha value is -1.97. The van der Waals surface area contributed by atoms with Crippen LogP contribution in [0.25, 0.3) is 0 Å². The van der Waals surface area contributed by atoms with E-state index in [9.17, 15) is 4.39 Å². The first kappa shape index (κ1) is 8.62. The number of nitrogens with one attached hydrogen (secondary N) is 2. The Morgan fingerprint density at radius 1 is 1.29 bits per heavy atom. The van der Waals surface area contributed by atoms with Crippen LogP contribution in [0.15, 0.2) is 36.5 Å². The molecule has 14 heavy (non-hydrogen) atoms. The van der Waals surface area contributed by atoms with Gasteiger partial charge < -0.3 is 16.0 Å². The summed E-state index contributed by atoms with van der Waals surface area (Å²) in [5.74, 6) is 0.399. The van der Waals surface area contributed by atoms with Gasteiger partial charge in [-0.15, -0.1) is 0 Å². The number of nitrogen functional groups attached to an aromatic ring is 1. The van der Waals surface area contributed by atoms with Crippen molar-refractivity contribution in [2.24, 2.45) is 0 Å². The van der Waals surface area contributed by atoms with Crippen molar-refractivity contribution < 1.29 is 4.39 Å². The Bertz CT molecular complexity index is 423. The number of rotatable bonds is 2. The highest BCUT2D eigenvalue weighted by Gasteiger charge is 2.00. The van der Waals surface area contributed by atoms with Crippen LogP contribution in [0.5, 0.6) is 0 Å². The summed E-state index contributed by atoms with van der Waals surface area (Å²) in [4.78, 5) is 2.95. The summed E-state index contributed by atoms with van der Waals surface area (Å²) in [5, 5.41) is 3.00. The molecule has 2 rings (SSSR count). The summed E-state index contributed by atoms with van der Waals surface area (Å²) in [6, 6.07) is 8.32. The lowest BCUT2D eigenvalue weighted by Gasteiger charge is -2.04. The monoisotopic (exact) mass is 191 g/mol. The lowest BCUT2D eigenvalue weighted by atomic mass is 10.2. The maximum atomic E-state index is 13.0. The molecule has 0 aliphatic carbocycles. The molecule has 0 fully saturated rings. The van der Waals surface area contributed by atoms with Crippen LogP contribution in [0.3, 0.4) is 0 Å². The van der Waals surface area contributed by atoms with Crippen LogP contribution >= 0.6 is 0 Å². The maximum Gasteiger partial charge on any atom is 0.148 e. The molecule has 0 unspecified atom stereocenters. The van der Waals surface area contributed by atoms with Gasteiger partial charge in [-0.3, -0.25) is 0 Å². The molecule has 4 N–H and O–H groups in total. The third kappa shape index (κ3) is 1.69. The van der Waals surface area contributed by atoms with E-state index in [4.69, 9.17) is 5.73 Å². The molecular formula is C10H10FN3. The Balaban J connectivity index is 2.22. The quantitative estimate of drug-likeness (QED) is 0.639. The van der Waals surface area contributed by atoms with Gasteiger partial charge in [0.15, 0.2) is 0 Å². The fourth-order valence-corrected chi connectivity index (χ4v) is 1.17. The normalized spacial score (nSPS) is 10.1. The van der Waals surface area contributed by atoms with Crippen molar-refractivity contribution in [1.29, 1.82) is 0 Å². The molecule has 0 aliphatic heterocycles. The molecule has 0 spiro atoms. The van der Waals surface area contributed by atoms with Gasteiger partial charge in [-0.05, 0) is 30.3 Å². The van der Waals surface area contributed by atoms with Crippen LogP contribution in [0.4, 0.5) is 21.6 Å². The maximum absolute atomic E-state index is 13.0. The van der Waals surface area contributed by atoms with Crippen LogP contribution in [0.2, 0.25) is 0 Å². The van der Waals surface area contributed by atoms with E-state index in [0.717, 1.165) is 5.82 Å². The summed E-state index contributed by atoms with van der Waals surface area (Å²) in [5.41, 5.74) is 6.17. The topological polar surface area (TPSA) is 53.8 Å². The van der Waals surface area contributed by atoms with E-state index in [0.29, 0.717) is 5.69 Å². The number of hydrogen-bond donors (Lipinski definition) is 3. The number of aromatic amines is 1. The second-order valence-electron chi connectivity index (χ2n) is 2.95. The molecule has 3 nitrogen and oxygen atoms in total. The molecule has 1 heterocycles. The molecule has 0 bridgehead atoms. The van der Waals surface area contributed by atoms with Gasteiger partial charge in [0.2, 0.25) is 0 Å². The third-order valence-electron chi connectivity index (χ3n) is 1.88. The minimum atomic E-state index is -0.415. The zero-order valence-electron chi connectivity index (χ0n) is 7.42. The van der Waals surface area contributed by atoms with Crippen LogP contribution in [-0.2, 0) is 0 Å². The lowest BCUT2D eigenvalue weighted by molar-refractivity contribution is 0.633. The number of hydrogen-bond acceptors (Lipinski definition) is 2. The van der Waals surface area contributed by atoms with E-state index in [1.54, 1.807) is 12.3 Å². The summed E-state index contributed by atoms with van der Waals surface area (Å²) in [6.07, 6.45) is 1.79. The number of halogens is 1. The fourth-order valence-electron chi connectivity index (χ4n) is 1.17. The SMILES string of the molecule is Nc1ccc(Nc2ccc[nH]2)cc1F. The van der Waals surface area contributed by atoms with Gasteiger partial charge in [0.05, 0.1) is 5.69 Å². The predicted molar refractivity (Wildman–Crippen MR) is 54.9 cm³/mol. The molecule has 0 amide bonds. The highest BCUT2D eigenvalue weighted by Crippen LogP contribution is 2.19. The van der Waals surface area contributed by atoms with Crippen molar-refractivity contribution in [3.8, 4) is 0 Å². The molecule has 1 aromatic heterocycles. The van der Waals surface area contributed by atoms with E-state index in [1.807, 2.05) is 12.1 Å². The summed E-state index contributed by atoms with van der Waals surface area (Å²) in [6.45, 7) is 0. The van der Waals surface area contributed by atoms with Crippen molar-refractivity contribution in [3.05, 3.63) is 42.3 Å². The van der Waals surface area contributed by atoms with Crippen molar-refractivity contribution in [1.82, 2.24) is 4.98 Å². The van der Waals surface area contributed by atoms with Gasteiger partial charge in [0.1, 0.15) is 11.6 Å². The predicted octanol–water partition coefficient (Wildman–Crippen LogP) is 2.48. The number of aromatic nitrogens is 1. The summed E-state index contributed by atoms with van der Waals surface area (Å²) >= 11 is 0. The van der Waals surface area contributed by atoms with Gasteiger partial charge in [0, 0.05) is 11.9 Å². The second kappa shape index (κ2) is 3.41. The second-order valence-corrected chi connectivity index (χ2v) is 2.95. The van der Waals surface area contributed by atoms with E-state index < -0.39 is 5.82 Å². The molecule has 0 atom stereocenters. The molecule has 4 heteroatoms. The summed E-state index contributed by atoms with van der Waals surface area (Å²) < 4.78 is 13.0. The molecule has 72 valence electrons. The van der Waals surface area contributed by atoms with Gasteiger partial charge in [-0.25, -0.2) is 4.39 Å². The Morgan fingerprint density at radius 2 is 2.14 bits per heavy atom. The average Bonchev–Trinajstić information content (AvgIpc) is 2.64. The third-order valence-corrected chi connectivity index (χ3v) is 1.88. The number of nitrogens with two attached hydrogens (primary N) is 1. The molecule has 0 aliphatic rings. The first-order valence-corrected chi connectivity index (χ1v) is 4.21. The molecular weight excluding hydrogens is 181 g/mol. The van der Waals surface area contributed by atoms with Gasteiger partial charge >= 0.3 is 0 Å². The van der Waals surface area contributed by atoms with Crippen molar-refractivity contribution in [2.75, 3.05) is 11.1 Å². The Morgan fingerprint density at radius 3 is 2.79 bits per heavy atom. The zero-order chi connectivity index (χ0) is 9.97. The van der Waals surface area contributed by atoms with E-state index in [-0.39, 0.29) is 5.69 Å². The molecule has 1 aromatic carbocycles. The van der Waals surface area contributed by atoms with Crippen LogP contribution in [0.1, 0.15) is 0 Å². The zero-order valence-corrected chi connectivity index (χ0v) is 7.42. The fraction of sp³-hybridized carbons (Fsp3) is 0. The molecule has 2 aromatic rings. The lowest BCUT2D eigenvalue weighted by Crippen LogP contribution is -1.94. The standard InChI is InChI=1S/C10H10FN3/c11-8-6-7(3-4-9(8)12)14-10-2-1-5-13-10/h1-6,13-14H,12H2. The largest absolute Gasteiger partial charge is 0.396 e. The van der Waals surface area contributed by atoms with E-state index >= 15 is 0 Å². The minimum Gasteiger partial charge on any atom is -0.396 e. The van der Waals surface area contributed by atoms with Crippen LogP contribution in [-0.4, -0.2) is 4.98 Å². The molecule has 0 saturated carbocycles. The average molecular weight is 191 g/mol. The van der Waals surface area contributed by atoms with Crippen LogP contribution < -0.4 is 11.1 Å². The van der Waals surface area contributed by atoms with E-state index in [2.05, 4.69) is 10.3 Å². The first-order valence-electron chi connectivity index (χ1n) is 4.21. The van der Waals surface area contributed by atoms with Crippen LogP contribution in [0, 0.1) is 5.82 Å². The van der Waals surface area contributed by atoms with Crippen molar-refractivity contribution >= 4 is 17.2 Å². The van der Waals surface area contributed by atoms with E-state index in [1.165, 1.54) is 12.1 Å². The highest BCUT2D eigenvalue weighted by molar-refractivity contribution is 5.59. The highest BCUT2D eigenvalue weighted by atomic mass is 19.1. The number of H-pyrrole nitrogens is 1.